The van der Waals surface area contributed by atoms with E-state index in [4.69, 9.17) is 5.26 Å². The van der Waals surface area contributed by atoms with E-state index in [-0.39, 0.29) is 5.69 Å². The van der Waals surface area contributed by atoms with E-state index in [1.165, 1.54) is 0 Å². The van der Waals surface area contributed by atoms with Crippen LogP contribution in [-0.4, -0.2) is 35.1 Å². The minimum Gasteiger partial charge on any atom is -0.284 e. The summed E-state index contributed by atoms with van der Waals surface area (Å²) < 4.78 is 24.9. The van der Waals surface area contributed by atoms with Crippen molar-refractivity contribution in [1.82, 2.24) is 20.4 Å². The van der Waals surface area contributed by atoms with Crippen LogP contribution in [0.25, 0.3) is 21.9 Å². The highest BCUT2D eigenvalue weighted by Gasteiger charge is 2.12. The van der Waals surface area contributed by atoms with Crippen LogP contribution in [0.5, 0.6) is 0 Å². The van der Waals surface area contributed by atoms with Gasteiger partial charge >= 0.3 is 0 Å². The van der Waals surface area contributed by atoms with E-state index >= 15 is 0 Å². The summed E-state index contributed by atoms with van der Waals surface area (Å²) in [6, 6.07) is 6.76. The molecule has 2 heterocycles. The zero-order valence-electron chi connectivity index (χ0n) is 10.2. The maximum Gasteiger partial charge on any atom is 0.229 e. The Bertz CT molecular complexity index is 970. The Balaban J connectivity index is 2.29. The molecule has 2 N–H and O–H groups in total. The second-order valence-electron chi connectivity index (χ2n) is 4.21. The molecule has 0 saturated carbocycles. The van der Waals surface area contributed by atoms with Crippen molar-refractivity contribution in [3.63, 3.8) is 0 Å². The van der Waals surface area contributed by atoms with Crippen LogP contribution >= 0.6 is 0 Å². The first-order valence-corrected chi connectivity index (χ1v) is 7.39. The lowest BCUT2D eigenvalue weighted by Crippen LogP contribution is -2.09. The molecule has 1 aromatic carbocycles. The largest absolute Gasteiger partial charge is 0.284 e. The second kappa shape index (κ2) is 4.14. The van der Waals surface area contributed by atoms with Crippen LogP contribution in [0.3, 0.4) is 0 Å². The summed E-state index contributed by atoms with van der Waals surface area (Å²) in [5.74, 6) is 0. The molecule has 2 aromatic heterocycles. The summed E-state index contributed by atoms with van der Waals surface area (Å²) in [4.78, 5) is 0. The highest BCUT2D eigenvalue weighted by molar-refractivity contribution is 7.92. The number of fused-ring (bicyclic) bond motifs is 3. The van der Waals surface area contributed by atoms with Gasteiger partial charge in [-0.3, -0.25) is 9.82 Å². The molecular weight excluding hydrogens is 280 g/mol. The SMILES string of the molecule is CS(=O)(=O)Nc1ccc2nnc3c(C#N)n[nH]c3c2c1. The van der Waals surface area contributed by atoms with Crippen LogP contribution in [0.1, 0.15) is 5.69 Å². The van der Waals surface area contributed by atoms with E-state index in [2.05, 4.69) is 25.1 Å². The summed E-state index contributed by atoms with van der Waals surface area (Å²) in [7, 11) is -3.36. The monoisotopic (exact) mass is 288 g/mol. The number of aromatic amines is 1. The van der Waals surface area contributed by atoms with Gasteiger partial charge in [0.15, 0.2) is 5.69 Å². The van der Waals surface area contributed by atoms with Crippen LogP contribution in [0.4, 0.5) is 5.69 Å². The maximum atomic E-state index is 11.2. The predicted molar refractivity (Wildman–Crippen MR) is 72.4 cm³/mol. The summed E-state index contributed by atoms with van der Waals surface area (Å²) in [5.41, 5.74) is 2.03. The van der Waals surface area contributed by atoms with Crippen molar-refractivity contribution < 1.29 is 8.42 Å². The first-order valence-electron chi connectivity index (χ1n) is 5.50. The third kappa shape index (κ3) is 2.02. The average molecular weight is 288 g/mol. The highest BCUT2D eigenvalue weighted by atomic mass is 32.2. The molecule has 0 saturated heterocycles. The molecule has 0 aliphatic carbocycles. The maximum absolute atomic E-state index is 11.2. The number of anilines is 1. The van der Waals surface area contributed by atoms with Gasteiger partial charge in [0, 0.05) is 11.1 Å². The third-order valence-electron chi connectivity index (χ3n) is 2.67. The van der Waals surface area contributed by atoms with Crippen LogP contribution in [0.15, 0.2) is 18.2 Å². The fourth-order valence-corrected chi connectivity index (χ4v) is 2.46. The van der Waals surface area contributed by atoms with Crippen molar-refractivity contribution in [3.8, 4) is 6.07 Å². The lowest BCUT2D eigenvalue weighted by molar-refractivity contribution is 0.607. The van der Waals surface area contributed by atoms with Crippen LogP contribution in [0, 0.1) is 11.3 Å². The molecule has 0 aliphatic heterocycles. The molecule has 8 nitrogen and oxygen atoms in total. The van der Waals surface area contributed by atoms with Crippen molar-refractivity contribution in [2.45, 2.75) is 0 Å². The molecule has 3 aromatic rings. The smallest absolute Gasteiger partial charge is 0.229 e. The van der Waals surface area contributed by atoms with Crippen molar-refractivity contribution in [3.05, 3.63) is 23.9 Å². The van der Waals surface area contributed by atoms with Crippen molar-refractivity contribution in [1.29, 1.82) is 5.26 Å². The zero-order chi connectivity index (χ0) is 14.3. The van der Waals surface area contributed by atoms with Gasteiger partial charge in [-0.1, -0.05) is 0 Å². The number of sulfonamides is 1. The molecule has 0 atom stereocenters. The van der Waals surface area contributed by atoms with Crippen LogP contribution < -0.4 is 4.72 Å². The van der Waals surface area contributed by atoms with Crippen molar-refractivity contribution >= 4 is 37.6 Å². The highest BCUT2D eigenvalue weighted by Crippen LogP contribution is 2.24. The fourth-order valence-electron chi connectivity index (χ4n) is 1.90. The zero-order valence-corrected chi connectivity index (χ0v) is 11.1. The fraction of sp³-hybridized carbons (Fsp3) is 0.0909. The molecule has 0 spiro atoms. The number of H-pyrrole nitrogens is 1. The van der Waals surface area contributed by atoms with Crippen molar-refractivity contribution in [2.24, 2.45) is 0 Å². The molecule has 0 unspecified atom stereocenters. The molecule has 100 valence electrons. The number of aromatic nitrogens is 4. The molecule has 0 bridgehead atoms. The standard InChI is InChI=1S/C11H8N6O2S/c1-20(18,19)17-6-2-3-8-7(4-6)10-11(16-13-8)9(5-12)14-15-10/h2-4,17H,1H3,(H,14,15). The van der Waals surface area contributed by atoms with Gasteiger partial charge in [0.25, 0.3) is 0 Å². The molecule has 0 radical (unpaired) electrons. The number of benzene rings is 1. The third-order valence-corrected chi connectivity index (χ3v) is 3.28. The van der Waals surface area contributed by atoms with E-state index in [0.717, 1.165) is 6.26 Å². The topological polar surface area (TPSA) is 124 Å². The lowest BCUT2D eigenvalue weighted by Gasteiger charge is -2.05. The summed E-state index contributed by atoms with van der Waals surface area (Å²) >= 11 is 0. The Labute approximate surface area is 113 Å². The normalized spacial score (nSPS) is 11.6. The quantitative estimate of drug-likeness (QED) is 0.716. The van der Waals surface area contributed by atoms with Gasteiger partial charge in [-0.25, -0.2) is 8.42 Å². The first-order chi connectivity index (χ1) is 9.48. The number of hydrogen-bond donors (Lipinski definition) is 2. The number of rotatable bonds is 2. The van der Waals surface area contributed by atoms with Gasteiger partial charge in [-0.15, -0.1) is 10.2 Å². The van der Waals surface area contributed by atoms with Gasteiger partial charge in [0.05, 0.1) is 17.3 Å². The van der Waals surface area contributed by atoms with E-state index in [1.807, 2.05) is 6.07 Å². The van der Waals surface area contributed by atoms with Gasteiger partial charge in [-0.2, -0.15) is 10.4 Å². The van der Waals surface area contributed by atoms with E-state index in [9.17, 15) is 8.42 Å². The Kier molecular flexibility index (Phi) is 2.55. The van der Waals surface area contributed by atoms with Crippen molar-refractivity contribution in [2.75, 3.05) is 11.0 Å². The van der Waals surface area contributed by atoms with Crippen LogP contribution in [0.2, 0.25) is 0 Å². The van der Waals surface area contributed by atoms with Gasteiger partial charge in [0.2, 0.25) is 10.0 Å². The summed E-state index contributed by atoms with van der Waals surface area (Å²) in [6.07, 6.45) is 1.07. The minimum absolute atomic E-state index is 0.149. The molecule has 0 aliphatic rings. The van der Waals surface area contributed by atoms with Gasteiger partial charge < -0.3 is 0 Å². The second-order valence-corrected chi connectivity index (χ2v) is 5.96. The Morgan fingerprint density at radius 2 is 2.15 bits per heavy atom. The minimum atomic E-state index is -3.36. The number of nitrogens with zero attached hydrogens (tertiary/aromatic N) is 4. The Hall–Kier alpha value is -2.73. The van der Waals surface area contributed by atoms with E-state index in [1.54, 1.807) is 18.2 Å². The summed E-state index contributed by atoms with van der Waals surface area (Å²) in [6.45, 7) is 0. The van der Waals surface area contributed by atoms with E-state index < -0.39 is 10.0 Å². The van der Waals surface area contributed by atoms with Gasteiger partial charge in [0.1, 0.15) is 11.6 Å². The first kappa shape index (κ1) is 12.3. The van der Waals surface area contributed by atoms with E-state index in [0.29, 0.717) is 27.6 Å². The molecule has 9 heteroatoms. The van der Waals surface area contributed by atoms with Gasteiger partial charge in [-0.05, 0) is 18.2 Å². The average Bonchev–Trinajstić information content (AvgIpc) is 2.80. The predicted octanol–water partition coefficient (Wildman–Crippen LogP) is 0.749. The molecular formula is C11H8N6O2S. The van der Waals surface area contributed by atoms with Crippen LogP contribution in [-0.2, 0) is 10.0 Å². The lowest BCUT2D eigenvalue weighted by atomic mass is 10.2. The summed E-state index contributed by atoms with van der Waals surface area (Å²) in [5, 5.41) is 24.0. The molecule has 3 rings (SSSR count). The Morgan fingerprint density at radius 3 is 2.85 bits per heavy atom. The molecule has 0 amide bonds. The molecule has 20 heavy (non-hydrogen) atoms. The number of nitriles is 1. The number of hydrogen-bond acceptors (Lipinski definition) is 6. The Morgan fingerprint density at radius 1 is 1.35 bits per heavy atom. The molecule has 0 fully saturated rings. The number of nitrogens with one attached hydrogen (secondary N) is 2.